The van der Waals surface area contributed by atoms with Gasteiger partial charge in [-0.1, -0.05) is 30.3 Å². The molecule has 6 nitrogen and oxygen atoms in total. The SMILES string of the molecule is O=C(O)CNC[C@H]1CCCN1C(=O)OCc1ccccc1. The first kappa shape index (κ1) is 15.3. The predicted octanol–water partition coefficient (Wildman–Crippen LogP) is 1.46. The zero-order valence-corrected chi connectivity index (χ0v) is 11.8. The first-order valence-electron chi connectivity index (χ1n) is 7.06. The number of carbonyl (C=O) groups is 2. The largest absolute Gasteiger partial charge is 0.480 e. The number of rotatable bonds is 6. The topological polar surface area (TPSA) is 78.9 Å². The molecular formula is C15H20N2O4. The third-order valence-corrected chi connectivity index (χ3v) is 3.47. The van der Waals surface area contributed by atoms with Crippen LogP contribution in [0.5, 0.6) is 0 Å². The number of hydrogen-bond acceptors (Lipinski definition) is 4. The van der Waals surface area contributed by atoms with Gasteiger partial charge in [0.25, 0.3) is 0 Å². The monoisotopic (exact) mass is 292 g/mol. The van der Waals surface area contributed by atoms with Crippen LogP contribution >= 0.6 is 0 Å². The zero-order chi connectivity index (χ0) is 15.1. The Balaban J connectivity index is 1.78. The van der Waals surface area contributed by atoms with Crippen molar-refractivity contribution >= 4 is 12.1 Å². The van der Waals surface area contributed by atoms with E-state index in [0.29, 0.717) is 13.1 Å². The van der Waals surface area contributed by atoms with Gasteiger partial charge in [0, 0.05) is 19.1 Å². The Labute approximate surface area is 123 Å². The minimum Gasteiger partial charge on any atom is -0.480 e. The van der Waals surface area contributed by atoms with E-state index in [0.717, 1.165) is 18.4 Å². The second-order valence-electron chi connectivity index (χ2n) is 5.05. The van der Waals surface area contributed by atoms with Crippen LogP contribution in [0.3, 0.4) is 0 Å². The molecule has 0 unspecified atom stereocenters. The molecule has 2 rings (SSSR count). The number of hydrogen-bond donors (Lipinski definition) is 2. The number of aliphatic carboxylic acids is 1. The van der Waals surface area contributed by atoms with Crippen LogP contribution in [-0.4, -0.2) is 47.7 Å². The van der Waals surface area contributed by atoms with E-state index in [-0.39, 0.29) is 25.3 Å². The highest BCUT2D eigenvalue weighted by Gasteiger charge is 2.29. The average molecular weight is 292 g/mol. The van der Waals surface area contributed by atoms with Crippen LogP contribution < -0.4 is 5.32 Å². The summed E-state index contributed by atoms with van der Waals surface area (Å²) >= 11 is 0. The molecule has 0 spiro atoms. The molecule has 1 aromatic rings. The molecule has 1 heterocycles. The first-order valence-corrected chi connectivity index (χ1v) is 7.06. The molecule has 114 valence electrons. The molecule has 0 aliphatic carbocycles. The first-order chi connectivity index (χ1) is 10.2. The zero-order valence-electron chi connectivity index (χ0n) is 11.8. The van der Waals surface area contributed by atoms with Crippen molar-refractivity contribution in [3.63, 3.8) is 0 Å². The summed E-state index contributed by atoms with van der Waals surface area (Å²) in [7, 11) is 0. The van der Waals surface area contributed by atoms with Crippen molar-refractivity contribution in [1.29, 1.82) is 0 Å². The molecule has 2 N–H and O–H groups in total. The molecule has 6 heteroatoms. The molecule has 1 fully saturated rings. The second-order valence-corrected chi connectivity index (χ2v) is 5.05. The summed E-state index contributed by atoms with van der Waals surface area (Å²) < 4.78 is 5.31. The Kier molecular flexibility index (Phi) is 5.57. The highest BCUT2D eigenvalue weighted by Crippen LogP contribution is 2.18. The van der Waals surface area contributed by atoms with E-state index in [2.05, 4.69) is 5.32 Å². The Bertz CT molecular complexity index is 478. The van der Waals surface area contributed by atoms with E-state index >= 15 is 0 Å². The van der Waals surface area contributed by atoms with Crippen molar-refractivity contribution in [2.75, 3.05) is 19.6 Å². The molecular weight excluding hydrogens is 272 g/mol. The minimum absolute atomic E-state index is 0.00706. The molecule has 1 saturated heterocycles. The number of likely N-dealkylation sites (tertiary alicyclic amines) is 1. The molecule has 1 atom stereocenters. The number of benzene rings is 1. The van der Waals surface area contributed by atoms with E-state index in [1.807, 2.05) is 30.3 Å². The van der Waals surface area contributed by atoms with Gasteiger partial charge in [-0.2, -0.15) is 0 Å². The van der Waals surface area contributed by atoms with Crippen molar-refractivity contribution in [3.8, 4) is 0 Å². The maximum atomic E-state index is 12.1. The summed E-state index contributed by atoms with van der Waals surface area (Å²) in [5.74, 6) is -0.897. The van der Waals surface area contributed by atoms with Gasteiger partial charge in [0.1, 0.15) is 6.61 Å². The molecule has 1 amide bonds. The van der Waals surface area contributed by atoms with Crippen LogP contribution in [0.25, 0.3) is 0 Å². The number of carboxylic acids is 1. The summed E-state index contributed by atoms with van der Waals surface area (Å²) in [4.78, 5) is 24.2. The predicted molar refractivity (Wildman–Crippen MR) is 76.9 cm³/mol. The lowest BCUT2D eigenvalue weighted by molar-refractivity contribution is -0.135. The average Bonchev–Trinajstić information content (AvgIpc) is 2.94. The molecule has 0 bridgehead atoms. The molecule has 0 aromatic heterocycles. The quantitative estimate of drug-likeness (QED) is 0.830. The summed E-state index contributed by atoms with van der Waals surface area (Å²) in [5.41, 5.74) is 0.950. The fourth-order valence-corrected chi connectivity index (χ4v) is 2.44. The normalized spacial score (nSPS) is 17.7. The summed E-state index contributed by atoms with van der Waals surface area (Å²) in [6.45, 7) is 1.30. The van der Waals surface area contributed by atoms with E-state index in [1.54, 1.807) is 4.90 Å². The van der Waals surface area contributed by atoms with Crippen molar-refractivity contribution in [2.24, 2.45) is 0 Å². The number of carbonyl (C=O) groups excluding carboxylic acids is 1. The number of nitrogens with one attached hydrogen (secondary N) is 1. The van der Waals surface area contributed by atoms with Crippen LogP contribution in [-0.2, 0) is 16.1 Å². The highest BCUT2D eigenvalue weighted by molar-refractivity contribution is 5.69. The maximum absolute atomic E-state index is 12.1. The van der Waals surface area contributed by atoms with Crippen molar-refractivity contribution in [3.05, 3.63) is 35.9 Å². The van der Waals surface area contributed by atoms with Crippen molar-refractivity contribution in [2.45, 2.75) is 25.5 Å². The van der Waals surface area contributed by atoms with Gasteiger partial charge < -0.3 is 20.1 Å². The fraction of sp³-hybridized carbons (Fsp3) is 0.467. The number of amides is 1. The summed E-state index contributed by atoms with van der Waals surface area (Å²) in [5, 5.41) is 11.4. The van der Waals surface area contributed by atoms with Gasteiger partial charge in [-0.3, -0.25) is 4.79 Å². The van der Waals surface area contributed by atoms with Gasteiger partial charge >= 0.3 is 12.1 Å². The van der Waals surface area contributed by atoms with E-state index < -0.39 is 5.97 Å². The Hall–Kier alpha value is -2.08. The van der Waals surface area contributed by atoms with Crippen LogP contribution in [0, 0.1) is 0 Å². The molecule has 21 heavy (non-hydrogen) atoms. The Morgan fingerprint density at radius 1 is 1.33 bits per heavy atom. The summed E-state index contributed by atoms with van der Waals surface area (Å²) in [6.07, 6.45) is 1.45. The lowest BCUT2D eigenvalue weighted by atomic mass is 10.2. The van der Waals surface area contributed by atoms with Crippen LogP contribution in [0.2, 0.25) is 0 Å². The highest BCUT2D eigenvalue weighted by atomic mass is 16.6. The smallest absolute Gasteiger partial charge is 0.410 e. The van der Waals surface area contributed by atoms with Gasteiger partial charge in [-0.25, -0.2) is 4.79 Å². The van der Waals surface area contributed by atoms with Gasteiger partial charge in [-0.15, -0.1) is 0 Å². The minimum atomic E-state index is -0.897. The molecule has 1 aromatic carbocycles. The standard InChI is InChI=1S/C15H20N2O4/c18-14(19)10-16-9-13-7-4-8-17(13)15(20)21-11-12-5-2-1-3-6-12/h1-3,5-6,13,16H,4,7-11H2,(H,18,19)/t13-/m1/s1. The fourth-order valence-electron chi connectivity index (χ4n) is 2.44. The molecule has 1 aliphatic heterocycles. The number of nitrogens with zero attached hydrogens (tertiary/aromatic N) is 1. The molecule has 0 radical (unpaired) electrons. The van der Waals surface area contributed by atoms with Gasteiger partial charge in [0.2, 0.25) is 0 Å². The van der Waals surface area contributed by atoms with Crippen LogP contribution in [0.1, 0.15) is 18.4 Å². The lowest BCUT2D eigenvalue weighted by Gasteiger charge is -2.24. The number of carboxylic acid groups (broad SMARTS) is 1. The van der Waals surface area contributed by atoms with Crippen LogP contribution in [0.15, 0.2) is 30.3 Å². The lowest BCUT2D eigenvalue weighted by Crippen LogP contribution is -2.42. The molecule has 1 aliphatic rings. The third kappa shape index (κ3) is 4.75. The molecule has 0 saturated carbocycles. The van der Waals surface area contributed by atoms with Crippen LogP contribution in [0.4, 0.5) is 4.79 Å². The van der Waals surface area contributed by atoms with E-state index in [4.69, 9.17) is 9.84 Å². The van der Waals surface area contributed by atoms with Gasteiger partial charge in [0.15, 0.2) is 0 Å². The number of ether oxygens (including phenoxy) is 1. The van der Waals surface area contributed by atoms with Crippen molar-refractivity contribution < 1.29 is 19.4 Å². The van der Waals surface area contributed by atoms with Gasteiger partial charge in [0.05, 0.1) is 6.54 Å². The second kappa shape index (κ2) is 7.64. The summed E-state index contributed by atoms with van der Waals surface area (Å²) in [6, 6.07) is 9.53. The maximum Gasteiger partial charge on any atom is 0.410 e. The Morgan fingerprint density at radius 2 is 2.10 bits per heavy atom. The van der Waals surface area contributed by atoms with E-state index in [9.17, 15) is 9.59 Å². The van der Waals surface area contributed by atoms with Crippen molar-refractivity contribution in [1.82, 2.24) is 10.2 Å². The third-order valence-electron chi connectivity index (χ3n) is 3.47. The van der Waals surface area contributed by atoms with Gasteiger partial charge in [-0.05, 0) is 18.4 Å². The Morgan fingerprint density at radius 3 is 2.81 bits per heavy atom. The van der Waals surface area contributed by atoms with E-state index in [1.165, 1.54) is 0 Å².